The van der Waals surface area contributed by atoms with Gasteiger partial charge in [0.25, 0.3) is 5.91 Å². The Bertz CT molecular complexity index is 1270. The molecule has 0 radical (unpaired) electrons. The fraction of sp³-hybridized carbons (Fsp3) is 0.516. The van der Waals surface area contributed by atoms with Crippen LogP contribution in [-0.4, -0.2) is 71.2 Å². The van der Waals surface area contributed by atoms with Gasteiger partial charge in [0.15, 0.2) is 0 Å². The summed E-state index contributed by atoms with van der Waals surface area (Å²) in [6, 6.07) is 15.0. The van der Waals surface area contributed by atoms with Crippen molar-refractivity contribution in [2.75, 3.05) is 44.6 Å². The monoisotopic (exact) mass is 520 g/mol. The Morgan fingerprint density at radius 1 is 1.18 bits per heavy atom. The first-order chi connectivity index (χ1) is 18.2. The van der Waals surface area contributed by atoms with E-state index in [0.29, 0.717) is 42.1 Å². The second-order valence-electron chi connectivity index (χ2n) is 11.9. The van der Waals surface area contributed by atoms with E-state index in [4.69, 9.17) is 0 Å². The molecule has 2 aliphatic rings. The first-order valence-corrected chi connectivity index (χ1v) is 14.0. The zero-order valence-corrected chi connectivity index (χ0v) is 22.8. The van der Waals surface area contributed by atoms with Crippen LogP contribution in [0.2, 0.25) is 0 Å². The first kappa shape index (κ1) is 26.7. The molecule has 0 unspecified atom stereocenters. The zero-order valence-electron chi connectivity index (χ0n) is 22.8. The van der Waals surface area contributed by atoms with Crippen LogP contribution in [0.25, 0.3) is 10.9 Å². The largest absolute Gasteiger partial charge is 0.392 e. The number of hydrogen-bond acceptors (Lipinski definition) is 4. The fourth-order valence-corrected chi connectivity index (χ4v) is 6.15. The summed E-state index contributed by atoms with van der Waals surface area (Å²) in [5, 5.41) is 15.2. The molecule has 3 atom stereocenters. The summed E-state index contributed by atoms with van der Waals surface area (Å²) in [6.45, 7) is 11.6. The number of nitrogens with zero attached hydrogens (tertiary/aromatic N) is 2. The minimum Gasteiger partial charge on any atom is -0.392 e. The Morgan fingerprint density at radius 2 is 1.95 bits per heavy atom. The van der Waals surface area contributed by atoms with Crippen molar-refractivity contribution >= 4 is 22.5 Å². The third-order valence-electron chi connectivity index (χ3n) is 9.09. The SMILES string of the molecule is Cc1cccc(NC[C@]2(C)CCN(C[C@@H](O)C3CCN(C(=O)c4cc5c(F)cccc5[nH]4)CC3)C[C@H]2C)c1. The number of benzene rings is 2. The van der Waals surface area contributed by atoms with Gasteiger partial charge in [0, 0.05) is 49.3 Å². The highest BCUT2D eigenvalue weighted by molar-refractivity contribution is 5.98. The summed E-state index contributed by atoms with van der Waals surface area (Å²) in [4.78, 5) is 20.3. The number of nitrogens with one attached hydrogen (secondary N) is 2. The predicted octanol–water partition coefficient (Wildman–Crippen LogP) is 5.29. The highest BCUT2D eigenvalue weighted by Crippen LogP contribution is 2.37. The Labute approximate surface area is 225 Å². The minimum atomic E-state index is -0.392. The Morgan fingerprint density at radius 3 is 2.66 bits per heavy atom. The lowest BCUT2D eigenvalue weighted by molar-refractivity contribution is -0.000154. The van der Waals surface area contributed by atoms with Gasteiger partial charge in [0.1, 0.15) is 11.5 Å². The molecule has 3 aromatic rings. The van der Waals surface area contributed by atoms with E-state index in [1.807, 2.05) is 4.90 Å². The smallest absolute Gasteiger partial charge is 0.270 e. The van der Waals surface area contributed by atoms with Gasteiger partial charge in [-0.25, -0.2) is 4.39 Å². The van der Waals surface area contributed by atoms with E-state index in [1.54, 1.807) is 18.2 Å². The normalized spacial score (nSPS) is 24.0. The Balaban J connectivity index is 1.09. The van der Waals surface area contributed by atoms with Crippen LogP contribution in [0, 0.1) is 30.0 Å². The number of aliphatic hydroxyl groups excluding tert-OH is 1. The molecular formula is C31H41FN4O2. The third-order valence-corrected chi connectivity index (χ3v) is 9.09. The molecule has 2 aliphatic heterocycles. The van der Waals surface area contributed by atoms with Crippen molar-refractivity contribution < 1.29 is 14.3 Å². The number of carbonyl (C=O) groups is 1. The molecule has 3 heterocycles. The highest BCUT2D eigenvalue weighted by Gasteiger charge is 2.38. The molecule has 1 aromatic heterocycles. The molecule has 2 aromatic carbocycles. The van der Waals surface area contributed by atoms with Crippen LogP contribution < -0.4 is 5.32 Å². The van der Waals surface area contributed by atoms with Gasteiger partial charge in [0.2, 0.25) is 0 Å². The summed E-state index contributed by atoms with van der Waals surface area (Å²) in [6.07, 6.45) is 2.26. The quantitative estimate of drug-likeness (QED) is 0.396. The van der Waals surface area contributed by atoms with E-state index in [0.717, 1.165) is 38.9 Å². The van der Waals surface area contributed by atoms with Crippen LogP contribution in [0.3, 0.4) is 0 Å². The van der Waals surface area contributed by atoms with Crippen molar-refractivity contribution in [1.82, 2.24) is 14.8 Å². The first-order valence-electron chi connectivity index (χ1n) is 14.0. The van der Waals surface area contributed by atoms with E-state index >= 15 is 0 Å². The molecule has 7 heteroatoms. The topological polar surface area (TPSA) is 71.6 Å². The lowest BCUT2D eigenvalue weighted by atomic mass is 9.72. The number of carbonyl (C=O) groups excluding carboxylic acids is 1. The number of aryl methyl sites for hydroxylation is 1. The molecule has 0 saturated carbocycles. The number of rotatable bonds is 7. The van der Waals surface area contributed by atoms with Crippen molar-refractivity contribution in [3.05, 3.63) is 65.6 Å². The van der Waals surface area contributed by atoms with Crippen molar-refractivity contribution in [3.63, 3.8) is 0 Å². The number of aromatic nitrogens is 1. The van der Waals surface area contributed by atoms with Crippen LogP contribution in [0.15, 0.2) is 48.5 Å². The number of piperidine rings is 2. The average molecular weight is 521 g/mol. The number of anilines is 1. The van der Waals surface area contributed by atoms with Crippen LogP contribution in [0.5, 0.6) is 0 Å². The molecule has 0 bridgehead atoms. The van der Waals surface area contributed by atoms with E-state index in [1.165, 1.54) is 17.3 Å². The summed E-state index contributed by atoms with van der Waals surface area (Å²) >= 11 is 0. The van der Waals surface area contributed by atoms with Crippen molar-refractivity contribution in [3.8, 4) is 0 Å². The number of amides is 1. The zero-order chi connectivity index (χ0) is 26.9. The molecule has 0 spiro atoms. The summed E-state index contributed by atoms with van der Waals surface area (Å²) < 4.78 is 14.0. The van der Waals surface area contributed by atoms with Crippen LogP contribution in [0.1, 0.15) is 49.2 Å². The van der Waals surface area contributed by atoms with Crippen LogP contribution in [-0.2, 0) is 0 Å². The Kier molecular flexibility index (Phi) is 7.78. The van der Waals surface area contributed by atoms with Gasteiger partial charge in [-0.15, -0.1) is 0 Å². The van der Waals surface area contributed by atoms with Gasteiger partial charge in [0.05, 0.1) is 6.10 Å². The molecule has 38 heavy (non-hydrogen) atoms. The van der Waals surface area contributed by atoms with Crippen molar-refractivity contribution in [2.45, 2.75) is 46.1 Å². The molecule has 1 amide bonds. The van der Waals surface area contributed by atoms with E-state index in [-0.39, 0.29) is 23.1 Å². The van der Waals surface area contributed by atoms with Crippen LogP contribution >= 0.6 is 0 Å². The molecule has 5 rings (SSSR count). The lowest BCUT2D eigenvalue weighted by Crippen LogP contribution is -2.51. The fourth-order valence-electron chi connectivity index (χ4n) is 6.15. The summed E-state index contributed by atoms with van der Waals surface area (Å²) in [5.74, 6) is 0.277. The van der Waals surface area contributed by atoms with E-state index < -0.39 is 6.10 Å². The van der Waals surface area contributed by atoms with Gasteiger partial charge in [-0.1, -0.05) is 32.0 Å². The van der Waals surface area contributed by atoms with E-state index in [9.17, 15) is 14.3 Å². The van der Waals surface area contributed by atoms with Crippen LogP contribution in [0.4, 0.5) is 10.1 Å². The van der Waals surface area contributed by atoms with Gasteiger partial charge >= 0.3 is 0 Å². The average Bonchev–Trinajstić information content (AvgIpc) is 3.35. The summed E-state index contributed by atoms with van der Waals surface area (Å²) in [5.41, 5.74) is 3.71. The number of hydrogen-bond donors (Lipinski definition) is 3. The maximum Gasteiger partial charge on any atom is 0.270 e. The van der Waals surface area contributed by atoms with Gasteiger partial charge in [-0.05, 0) is 85.9 Å². The molecule has 6 nitrogen and oxygen atoms in total. The molecule has 3 N–H and O–H groups in total. The molecule has 0 aliphatic carbocycles. The maximum absolute atomic E-state index is 14.0. The molecular weight excluding hydrogens is 479 g/mol. The number of fused-ring (bicyclic) bond motifs is 1. The Hall–Kier alpha value is -2.90. The summed E-state index contributed by atoms with van der Waals surface area (Å²) in [7, 11) is 0. The van der Waals surface area contributed by atoms with Crippen molar-refractivity contribution in [2.24, 2.45) is 17.3 Å². The third kappa shape index (κ3) is 5.74. The van der Waals surface area contributed by atoms with Gasteiger partial charge in [-0.2, -0.15) is 0 Å². The lowest BCUT2D eigenvalue weighted by Gasteiger charge is -2.46. The van der Waals surface area contributed by atoms with Gasteiger partial charge in [-0.3, -0.25) is 4.79 Å². The molecule has 204 valence electrons. The molecule has 2 fully saturated rings. The van der Waals surface area contributed by atoms with Crippen molar-refractivity contribution in [1.29, 1.82) is 0 Å². The standard InChI is InChI=1S/C31H41FN4O2/c1-21-6-4-7-24(16-21)33-20-31(3)12-15-35(18-22(31)2)19-29(37)23-10-13-36(14-11-23)30(38)28-17-25-26(32)8-5-9-27(25)34-28/h4-9,16-17,22-23,29,33-34,37H,10-15,18-20H2,1-3H3/t22-,29-,31+/m1/s1. The number of aliphatic hydroxyl groups is 1. The van der Waals surface area contributed by atoms with E-state index in [2.05, 4.69) is 60.2 Å². The number of likely N-dealkylation sites (tertiary alicyclic amines) is 2. The number of aromatic amines is 1. The predicted molar refractivity (Wildman–Crippen MR) is 151 cm³/mol. The number of β-amino-alcohol motifs (C(OH)–C–C–N with tert-alkyl or cyclic N) is 1. The maximum atomic E-state index is 14.0. The number of halogens is 1. The second-order valence-corrected chi connectivity index (χ2v) is 11.9. The minimum absolute atomic E-state index is 0.100. The van der Waals surface area contributed by atoms with Gasteiger partial charge < -0.3 is 25.2 Å². The number of H-pyrrole nitrogens is 1. The highest BCUT2D eigenvalue weighted by atomic mass is 19.1. The molecule has 2 saturated heterocycles. The second kappa shape index (κ2) is 11.1.